The van der Waals surface area contributed by atoms with Crippen molar-refractivity contribution >= 4 is 33.1 Å². The molecule has 0 aliphatic rings. The van der Waals surface area contributed by atoms with Gasteiger partial charge in [0.1, 0.15) is 5.01 Å². The van der Waals surface area contributed by atoms with Crippen LogP contribution >= 0.6 is 11.3 Å². The molecule has 0 aliphatic heterocycles. The van der Waals surface area contributed by atoms with Crippen molar-refractivity contribution in [3.8, 4) is 0 Å². The summed E-state index contributed by atoms with van der Waals surface area (Å²) in [5.41, 5.74) is 8.83. The first-order chi connectivity index (χ1) is 10.1. The SMILES string of the molecule is Cc1c(N)cccc1C(=O)NCc1nc2ccccc2s1. The quantitative estimate of drug-likeness (QED) is 0.730. The van der Waals surface area contributed by atoms with Gasteiger partial charge in [-0.1, -0.05) is 18.2 Å². The molecule has 0 atom stereocenters. The van der Waals surface area contributed by atoms with Crippen LogP contribution in [0.25, 0.3) is 10.2 Å². The number of nitrogens with one attached hydrogen (secondary N) is 1. The summed E-state index contributed by atoms with van der Waals surface area (Å²) < 4.78 is 1.13. The van der Waals surface area contributed by atoms with Crippen LogP contribution in [-0.4, -0.2) is 10.9 Å². The van der Waals surface area contributed by atoms with E-state index < -0.39 is 0 Å². The number of fused-ring (bicyclic) bond motifs is 1. The van der Waals surface area contributed by atoms with Gasteiger partial charge in [0, 0.05) is 11.3 Å². The Morgan fingerprint density at radius 3 is 2.86 bits per heavy atom. The minimum Gasteiger partial charge on any atom is -0.398 e. The minimum absolute atomic E-state index is 0.126. The molecule has 0 radical (unpaired) electrons. The zero-order valence-electron chi connectivity index (χ0n) is 11.6. The monoisotopic (exact) mass is 297 g/mol. The van der Waals surface area contributed by atoms with Crippen LogP contribution in [0.2, 0.25) is 0 Å². The number of nitrogens with two attached hydrogens (primary N) is 1. The van der Waals surface area contributed by atoms with Gasteiger partial charge in [-0.25, -0.2) is 4.98 Å². The summed E-state index contributed by atoms with van der Waals surface area (Å²) in [5, 5.41) is 3.79. The highest BCUT2D eigenvalue weighted by Gasteiger charge is 2.11. The number of amides is 1. The molecule has 0 aliphatic carbocycles. The third-order valence-corrected chi connectivity index (χ3v) is 4.40. The number of anilines is 1. The van der Waals surface area contributed by atoms with E-state index in [1.807, 2.05) is 31.2 Å². The van der Waals surface area contributed by atoms with Crippen LogP contribution in [0.4, 0.5) is 5.69 Å². The van der Waals surface area contributed by atoms with Crippen molar-refractivity contribution < 1.29 is 4.79 Å². The van der Waals surface area contributed by atoms with Crippen LogP contribution in [0.5, 0.6) is 0 Å². The Bertz CT molecular complexity index is 777. The maximum absolute atomic E-state index is 12.2. The lowest BCUT2D eigenvalue weighted by atomic mass is 10.1. The molecule has 1 heterocycles. The number of hydrogen-bond acceptors (Lipinski definition) is 4. The molecular weight excluding hydrogens is 282 g/mol. The summed E-state index contributed by atoms with van der Waals surface area (Å²) in [6.45, 7) is 2.27. The molecular formula is C16H15N3OS. The molecule has 2 aromatic carbocycles. The van der Waals surface area contributed by atoms with Crippen molar-refractivity contribution in [3.63, 3.8) is 0 Å². The van der Waals surface area contributed by atoms with E-state index in [9.17, 15) is 4.79 Å². The molecule has 1 aromatic heterocycles. The van der Waals surface area contributed by atoms with E-state index in [-0.39, 0.29) is 5.91 Å². The number of thiazole rings is 1. The second-order valence-electron chi connectivity index (χ2n) is 4.78. The van der Waals surface area contributed by atoms with Crippen molar-refractivity contribution in [3.05, 3.63) is 58.6 Å². The van der Waals surface area contributed by atoms with E-state index in [1.165, 1.54) is 0 Å². The van der Waals surface area contributed by atoms with Crippen molar-refractivity contribution in [2.45, 2.75) is 13.5 Å². The number of benzene rings is 2. The lowest BCUT2D eigenvalue weighted by Gasteiger charge is -2.08. The van der Waals surface area contributed by atoms with Crippen molar-refractivity contribution in [1.29, 1.82) is 0 Å². The average Bonchev–Trinajstić information content (AvgIpc) is 2.90. The Morgan fingerprint density at radius 1 is 1.24 bits per heavy atom. The molecule has 0 spiro atoms. The van der Waals surface area contributed by atoms with Crippen molar-refractivity contribution in [2.24, 2.45) is 0 Å². The van der Waals surface area contributed by atoms with Gasteiger partial charge in [-0.3, -0.25) is 4.79 Å². The van der Waals surface area contributed by atoms with Crippen LogP contribution in [0.1, 0.15) is 20.9 Å². The molecule has 3 N–H and O–H groups in total. The number of rotatable bonds is 3. The highest BCUT2D eigenvalue weighted by molar-refractivity contribution is 7.18. The lowest BCUT2D eigenvalue weighted by Crippen LogP contribution is -2.23. The summed E-state index contributed by atoms with van der Waals surface area (Å²) >= 11 is 1.59. The Labute approximate surface area is 126 Å². The van der Waals surface area contributed by atoms with Crippen LogP contribution in [0.15, 0.2) is 42.5 Å². The molecule has 21 heavy (non-hydrogen) atoms. The van der Waals surface area contributed by atoms with Gasteiger partial charge in [0.25, 0.3) is 5.91 Å². The Morgan fingerprint density at radius 2 is 2.05 bits per heavy atom. The third kappa shape index (κ3) is 2.73. The molecule has 0 saturated carbocycles. The minimum atomic E-state index is -0.126. The fourth-order valence-electron chi connectivity index (χ4n) is 2.15. The molecule has 5 heteroatoms. The molecule has 3 rings (SSSR count). The standard InChI is InChI=1S/C16H15N3OS/c1-10-11(5-4-6-12(10)17)16(20)18-9-15-19-13-7-2-3-8-14(13)21-15/h2-8H,9,17H2,1H3,(H,18,20). The largest absolute Gasteiger partial charge is 0.398 e. The zero-order chi connectivity index (χ0) is 14.8. The number of carbonyl (C=O) groups excluding carboxylic acids is 1. The van der Waals surface area contributed by atoms with E-state index in [2.05, 4.69) is 10.3 Å². The van der Waals surface area contributed by atoms with Gasteiger partial charge in [-0.2, -0.15) is 0 Å². The Balaban J connectivity index is 1.75. The maximum Gasteiger partial charge on any atom is 0.251 e. The van der Waals surface area contributed by atoms with Crippen molar-refractivity contribution in [1.82, 2.24) is 10.3 Å². The maximum atomic E-state index is 12.2. The predicted octanol–water partition coefficient (Wildman–Crippen LogP) is 3.12. The summed E-state index contributed by atoms with van der Waals surface area (Å²) in [7, 11) is 0. The number of nitrogens with zero attached hydrogens (tertiary/aromatic N) is 1. The molecule has 1 amide bonds. The molecule has 0 unspecified atom stereocenters. The molecule has 106 valence electrons. The van der Waals surface area contributed by atoms with Gasteiger partial charge in [0.05, 0.1) is 16.8 Å². The van der Waals surface area contributed by atoms with Gasteiger partial charge >= 0.3 is 0 Å². The summed E-state index contributed by atoms with van der Waals surface area (Å²) in [5.74, 6) is -0.126. The van der Waals surface area contributed by atoms with Gasteiger partial charge in [-0.15, -0.1) is 11.3 Å². The Hall–Kier alpha value is -2.40. The predicted molar refractivity (Wildman–Crippen MR) is 86.4 cm³/mol. The third-order valence-electron chi connectivity index (χ3n) is 3.36. The number of nitrogen functional groups attached to an aromatic ring is 1. The number of carbonyl (C=O) groups is 1. The first-order valence-electron chi connectivity index (χ1n) is 6.63. The molecule has 3 aromatic rings. The van der Waals surface area contributed by atoms with E-state index >= 15 is 0 Å². The number of aromatic nitrogens is 1. The first kappa shape index (κ1) is 13.6. The van der Waals surface area contributed by atoms with E-state index in [1.54, 1.807) is 29.5 Å². The van der Waals surface area contributed by atoms with E-state index in [0.29, 0.717) is 17.8 Å². The normalized spacial score (nSPS) is 10.7. The van der Waals surface area contributed by atoms with Gasteiger partial charge in [0.2, 0.25) is 0 Å². The van der Waals surface area contributed by atoms with Crippen LogP contribution < -0.4 is 11.1 Å². The van der Waals surface area contributed by atoms with Gasteiger partial charge in [0.15, 0.2) is 0 Å². The summed E-state index contributed by atoms with van der Waals surface area (Å²) in [6.07, 6.45) is 0. The second kappa shape index (κ2) is 5.54. The fourth-order valence-corrected chi connectivity index (χ4v) is 3.05. The van der Waals surface area contributed by atoms with Crippen molar-refractivity contribution in [2.75, 3.05) is 5.73 Å². The average molecular weight is 297 g/mol. The summed E-state index contributed by atoms with van der Waals surface area (Å²) in [6, 6.07) is 13.3. The van der Waals surface area contributed by atoms with E-state index in [0.717, 1.165) is 20.8 Å². The highest BCUT2D eigenvalue weighted by Crippen LogP contribution is 2.21. The first-order valence-corrected chi connectivity index (χ1v) is 7.44. The van der Waals surface area contributed by atoms with Gasteiger partial charge in [-0.05, 0) is 36.8 Å². The van der Waals surface area contributed by atoms with Gasteiger partial charge < -0.3 is 11.1 Å². The summed E-state index contributed by atoms with van der Waals surface area (Å²) in [4.78, 5) is 16.7. The molecule has 0 saturated heterocycles. The molecule has 0 bridgehead atoms. The smallest absolute Gasteiger partial charge is 0.251 e. The Kier molecular flexibility index (Phi) is 3.58. The lowest BCUT2D eigenvalue weighted by molar-refractivity contribution is 0.0950. The van der Waals surface area contributed by atoms with Crippen LogP contribution in [-0.2, 0) is 6.54 Å². The van der Waals surface area contributed by atoms with Crippen LogP contribution in [0.3, 0.4) is 0 Å². The molecule has 4 nitrogen and oxygen atoms in total. The fraction of sp³-hybridized carbons (Fsp3) is 0.125. The molecule has 0 fully saturated rings. The number of hydrogen-bond donors (Lipinski definition) is 2. The van der Waals surface area contributed by atoms with E-state index in [4.69, 9.17) is 5.73 Å². The van der Waals surface area contributed by atoms with Crippen LogP contribution in [0, 0.1) is 6.92 Å². The zero-order valence-corrected chi connectivity index (χ0v) is 12.4. The highest BCUT2D eigenvalue weighted by atomic mass is 32.1. The number of para-hydroxylation sites is 1. The topological polar surface area (TPSA) is 68.0 Å². The second-order valence-corrected chi connectivity index (χ2v) is 5.89.